The van der Waals surface area contributed by atoms with Gasteiger partial charge < -0.3 is 15.5 Å². The number of benzene rings is 3. The summed E-state index contributed by atoms with van der Waals surface area (Å²) in [6, 6.07) is 17.1. The largest absolute Gasteiger partial charge is 0.331 e. The number of fused-ring (bicyclic) bond motifs is 1. The molecule has 204 valence electrons. The molecule has 1 aromatic heterocycles. The van der Waals surface area contributed by atoms with Crippen LogP contribution in [0.4, 0.5) is 4.39 Å². The van der Waals surface area contributed by atoms with Crippen molar-refractivity contribution in [1.29, 1.82) is 0 Å². The summed E-state index contributed by atoms with van der Waals surface area (Å²) in [5, 5.41) is 1.18. The van der Waals surface area contributed by atoms with Gasteiger partial charge in [-0.15, -0.1) is 0 Å². The number of nitrogens with zero attached hydrogens (tertiary/aromatic N) is 4. The highest BCUT2D eigenvalue weighted by atomic mass is 35.5. The van der Waals surface area contributed by atoms with E-state index in [-0.39, 0.29) is 24.4 Å². The Morgan fingerprint density at radius 2 is 1.74 bits per heavy atom. The van der Waals surface area contributed by atoms with Crippen molar-refractivity contribution in [3.8, 4) is 5.69 Å². The highest BCUT2D eigenvalue weighted by Crippen LogP contribution is 2.28. The number of halogens is 3. The maximum atomic E-state index is 13.9. The number of likely N-dealkylation sites (N-methyl/N-ethyl adjacent to an activating group) is 1. The number of amides is 1. The predicted molar refractivity (Wildman–Crippen MR) is 154 cm³/mol. The van der Waals surface area contributed by atoms with E-state index in [0.717, 1.165) is 0 Å². The van der Waals surface area contributed by atoms with Gasteiger partial charge in [0.2, 0.25) is 5.91 Å². The molecule has 4 rings (SSSR count). The van der Waals surface area contributed by atoms with Crippen LogP contribution in [0.1, 0.15) is 23.9 Å². The van der Waals surface area contributed by atoms with Crippen molar-refractivity contribution in [3.05, 3.63) is 104 Å². The van der Waals surface area contributed by atoms with E-state index in [9.17, 15) is 14.0 Å². The van der Waals surface area contributed by atoms with Crippen LogP contribution in [0.15, 0.2) is 71.5 Å². The van der Waals surface area contributed by atoms with E-state index in [1.807, 2.05) is 19.0 Å². The first-order valence-corrected chi connectivity index (χ1v) is 13.3. The second-order valence-electron chi connectivity index (χ2n) is 9.51. The van der Waals surface area contributed by atoms with Crippen LogP contribution < -0.4 is 11.3 Å². The minimum atomic E-state index is -0.632. The number of para-hydroxylation sites is 1. The molecule has 7 nitrogen and oxygen atoms in total. The van der Waals surface area contributed by atoms with Crippen LogP contribution in [0.25, 0.3) is 16.6 Å². The smallest absolute Gasteiger partial charge is 0.266 e. The van der Waals surface area contributed by atoms with Gasteiger partial charge in [0.1, 0.15) is 11.6 Å². The monoisotopic (exact) mass is 569 g/mol. The normalized spacial score (nSPS) is 12.2. The molecule has 3 aromatic carbocycles. The van der Waals surface area contributed by atoms with Gasteiger partial charge in [0, 0.05) is 13.1 Å². The summed E-state index contributed by atoms with van der Waals surface area (Å²) in [6.07, 6.45) is 0.423. The number of carbonyl (C=O) groups is 1. The quantitative estimate of drug-likeness (QED) is 0.295. The highest BCUT2D eigenvalue weighted by molar-refractivity contribution is 6.42. The fourth-order valence-electron chi connectivity index (χ4n) is 4.48. The van der Waals surface area contributed by atoms with Crippen molar-refractivity contribution in [2.24, 2.45) is 5.73 Å². The van der Waals surface area contributed by atoms with Gasteiger partial charge in [-0.3, -0.25) is 14.2 Å². The SMILES string of the molecule is CN(C)CCN(C(=O)Cc1ccc(Cl)c(Cl)c1)C(CCN)c1nc2ccccc2c(=O)n1-c1ccc(F)cc1. The van der Waals surface area contributed by atoms with Crippen molar-refractivity contribution in [2.75, 3.05) is 33.7 Å². The lowest BCUT2D eigenvalue weighted by Crippen LogP contribution is -2.43. The van der Waals surface area contributed by atoms with Crippen LogP contribution in [0, 0.1) is 5.82 Å². The summed E-state index contributed by atoms with van der Waals surface area (Å²) in [6.45, 7) is 1.18. The molecule has 0 aliphatic rings. The van der Waals surface area contributed by atoms with Gasteiger partial charge in [0.05, 0.1) is 39.1 Å². The molecule has 0 saturated heterocycles. The van der Waals surface area contributed by atoms with Crippen molar-refractivity contribution < 1.29 is 9.18 Å². The second kappa shape index (κ2) is 12.7. The number of aromatic nitrogens is 2. The number of hydrogen-bond acceptors (Lipinski definition) is 5. The van der Waals surface area contributed by atoms with Gasteiger partial charge in [-0.25, -0.2) is 9.37 Å². The van der Waals surface area contributed by atoms with Gasteiger partial charge in [0.25, 0.3) is 5.56 Å². The lowest BCUT2D eigenvalue weighted by atomic mass is 10.1. The first-order chi connectivity index (χ1) is 18.7. The number of hydrogen-bond donors (Lipinski definition) is 1. The highest BCUT2D eigenvalue weighted by Gasteiger charge is 2.30. The van der Waals surface area contributed by atoms with Crippen LogP contribution in [-0.4, -0.2) is 59.0 Å². The van der Waals surface area contributed by atoms with Gasteiger partial charge in [0.15, 0.2) is 0 Å². The molecule has 0 fully saturated rings. The molecule has 0 spiro atoms. The standard InChI is InChI=1S/C29H30Cl2FN5O2/c1-35(2)15-16-36(27(38)18-19-7-12-23(30)24(31)17-19)26(13-14-33)28-34-25-6-4-3-5-22(25)29(39)37(28)21-10-8-20(32)9-11-21/h3-12,17,26H,13-16,18,33H2,1-2H3. The Morgan fingerprint density at radius 1 is 1.03 bits per heavy atom. The molecule has 10 heteroatoms. The number of nitrogens with two attached hydrogens (primary N) is 1. The first-order valence-electron chi connectivity index (χ1n) is 12.6. The summed E-state index contributed by atoms with van der Waals surface area (Å²) in [7, 11) is 3.84. The van der Waals surface area contributed by atoms with Gasteiger partial charge in [-0.05, 0) is 81.2 Å². The van der Waals surface area contributed by atoms with E-state index in [1.54, 1.807) is 47.4 Å². The summed E-state index contributed by atoms with van der Waals surface area (Å²) in [5.74, 6) is -0.247. The molecule has 39 heavy (non-hydrogen) atoms. The second-order valence-corrected chi connectivity index (χ2v) is 10.3. The van der Waals surface area contributed by atoms with Crippen LogP contribution >= 0.6 is 23.2 Å². The van der Waals surface area contributed by atoms with Crippen molar-refractivity contribution in [2.45, 2.75) is 18.9 Å². The summed E-state index contributed by atoms with van der Waals surface area (Å²) in [5.41, 5.74) is 7.41. The molecule has 0 saturated carbocycles. The number of rotatable bonds is 10. The third kappa shape index (κ3) is 6.65. The van der Waals surface area contributed by atoms with Crippen LogP contribution in [0.2, 0.25) is 10.0 Å². The van der Waals surface area contributed by atoms with Gasteiger partial charge in [-0.1, -0.05) is 41.4 Å². The Bertz CT molecular complexity index is 1520. The van der Waals surface area contributed by atoms with E-state index in [1.165, 1.54) is 28.8 Å². The minimum absolute atomic E-state index is 0.0692. The maximum Gasteiger partial charge on any atom is 0.266 e. The molecule has 4 aromatic rings. The Kier molecular flexibility index (Phi) is 9.35. The van der Waals surface area contributed by atoms with Gasteiger partial charge in [-0.2, -0.15) is 0 Å². The Morgan fingerprint density at radius 3 is 2.41 bits per heavy atom. The zero-order valence-corrected chi connectivity index (χ0v) is 23.3. The molecule has 2 N–H and O–H groups in total. The van der Waals surface area contributed by atoms with Crippen LogP contribution in [-0.2, 0) is 11.2 Å². The molecule has 0 aliphatic heterocycles. The van der Waals surface area contributed by atoms with Crippen molar-refractivity contribution >= 4 is 40.0 Å². The molecule has 0 aliphatic carbocycles. The Labute approximate surface area is 236 Å². The fourth-order valence-corrected chi connectivity index (χ4v) is 4.80. The topological polar surface area (TPSA) is 84.5 Å². The van der Waals surface area contributed by atoms with Crippen molar-refractivity contribution in [3.63, 3.8) is 0 Å². The summed E-state index contributed by atoms with van der Waals surface area (Å²) >= 11 is 12.3. The van der Waals surface area contributed by atoms with E-state index in [0.29, 0.717) is 57.5 Å². The van der Waals surface area contributed by atoms with Crippen LogP contribution in [0.3, 0.4) is 0 Å². The maximum absolute atomic E-state index is 13.9. The Hall–Kier alpha value is -3.30. The predicted octanol–water partition coefficient (Wildman–Crippen LogP) is 4.85. The Balaban J connectivity index is 1.88. The molecule has 1 unspecified atom stereocenters. The van der Waals surface area contributed by atoms with Crippen molar-refractivity contribution in [1.82, 2.24) is 19.4 Å². The third-order valence-electron chi connectivity index (χ3n) is 6.45. The van der Waals surface area contributed by atoms with E-state index < -0.39 is 11.9 Å². The molecule has 0 radical (unpaired) electrons. The van der Waals surface area contributed by atoms with E-state index >= 15 is 0 Å². The molecule has 1 heterocycles. The third-order valence-corrected chi connectivity index (χ3v) is 7.19. The molecule has 1 atom stereocenters. The zero-order chi connectivity index (χ0) is 28.1. The minimum Gasteiger partial charge on any atom is -0.331 e. The zero-order valence-electron chi connectivity index (χ0n) is 21.8. The summed E-state index contributed by atoms with van der Waals surface area (Å²) < 4.78 is 15.3. The van der Waals surface area contributed by atoms with Gasteiger partial charge >= 0.3 is 0 Å². The average molecular weight is 570 g/mol. The van der Waals surface area contributed by atoms with Crippen LogP contribution in [0.5, 0.6) is 0 Å². The average Bonchev–Trinajstić information content (AvgIpc) is 2.91. The molecular weight excluding hydrogens is 540 g/mol. The first kappa shape index (κ1) is 28.7. The lowest BCUT2D eigenvalue weighted by Gasteiger charge is -2.34. The van der Waals surface area contributed by atoms with E-state index in [2.05, 4.69) is 0 Å². The molecule has 1 amide bonds. The molecular formula is C29H30Cl2FN5O2. The molecule has 0 bridgehead atoms. The summed E-state index contributed by atoms with van der Waals surface area (Å²) in [4.78, 5) is 36.3. The number of carbonyl (C=O) groups excluding carboxylic acids is 1. The lowest BCUT2D eigenvalue weighted by molar-refractivity contribution is -0.133. The van der Waals surface area contributed by atoms with E-state index in [4.69, 9.17) is 33.9 Å². The fraction of sp³-hybridized carbons (Fsp3) is 0.276.